The Bertz CT molecular complexity index is 1100. The second-order valence-electron chi connectivity index (χ2n) is 9.64. The van der Waals surface area contributed by atoms with E-state index >= 15 is 0 Å². The zero-order chi connectivity index (χ0) is 26.5. The van der Waals surface area contributed by atoms with Crippen LogP contribution in [0.25, 0.3) is 0 Å². The van der Waals surface area contributed by atoms with E-state index in [0.717, 1.165) is 21.8 Å². The van der Waals surface area contributed by atoms with E-state index in [1.165, 1.54) is 0 Å². The molecule has 1 saturated heterocycles. The van der Waals surface area contributed by atoms with E-state index in [1.54, 1.807) is 28.8 Å². The van der Waals surface area contributed by atoms with Crippen molar-refractivity contribution in [2.75, 3.05) is 37.7 Å². The van der Waals surface area contributed by atoms with Crippen LogP contribution in [0.15, 0.2) is 35.2 Å². The largest absolute Gasteiger partial charge is 0.444 e. The molecule has 1 fully saturated rings. The van der Waals surface area contributed by atoms with E-state index in [2.05, 4.69) is 17.1 Å². The Kier molecular flexibility index (Phi) is 9.80. The number of piperazine rings is 1. The first-order valence-electron chi connectivity index (χ1n) is 11.9. The van der Waals surface area contributed by atoms with Crippen LogP contribution in [0.1, 0.15) is 49.2 Å². The van der Waals surface area contributed by atoms with Crippen LogP contribution in [0.2, 0.25) is 10.0 Å². The van der Waals surface area contributed by atoms with Gasteiger partial charge in [-0.3, -0.25) is 9.69 Å². The fourth-order valence-corrected chi connectivity index (χ4v) is 5.07. The lowest BCUT2D eigenvalue weighted by atomic mass is 10.1. The van der Waals surface area contributed by atoms with Gasteiger partial charge in [-0.25, -0.2) is 4.79 Å². The molecule has 2 aromatic rings. The molecule has 10 heteroatoms. The molecule has 1 aliphatic rings. The molecule has 1 aliphatic heterocycles. The monoisotopic (exact) mass is 552 g/mol. The topological polar surface area (TPSA) is 87.9 Å². The van der Waals surface area contributed by atoms with Gasteiger partial charge in [-0.2, -0.15) is 0 Å². The lowest BCUT2D eigenvalue weighted by Gasteiger charge is -2.35. The van der Waals surface area contributed by atoms with E-state index in [-0.39, 0.29) is 12.0 Å². The lowest BCUT2D eigenvalue weighted by molar-refractivity contribution is 0.0139. The van der Waals surface area contributed by atoms with Gasteiger partial charge >= 0.3 is 6.09 Å². The van der Waals surface area contributed by atoms with Crippen LogP contribution in [0.3, 0.4) is 0 Å². The van der Waals surface area contributed by atoms with Crippen LogP contribution < -0.4 is 11.1 Å². The van der Waals surface area contributed by atoms with Gasteiger partial charge in [0.15, 0.2) is 0 Å². The van der Waals surface area contributed by atoms with Crippen LogP contribution in [0.4, 0.5) is 10.5 Å². The Balaban J connectivity index is 1.60. The molecule has 1 heterocycles. The molecule has 0 unspecified atom stereocenters. The Morgan fingerprint density at radius 3 is 2.42 bits per heavy atom. The molecule has 7 nitrogen and oxygen atoms in total. The van der Waals surface area contributed by atoms with E-state index in [1.807, 2.05) is 39.0 Å². The number of rotatable bonds is 7. The number of benzene rings is 2. The van der Waals surface area contributed by atoms with Gasteiger partial charge in [0.25, 0.3) is 5.91 Å². The summed E-state index contributed by atoms with van der Waals surface area (Å²) < 4.78 is 5.46. The molecule has 36 heavy (non-hydrogen) atoms. The van der Waals surface area contributed by atoms with E-state index in [0.29, 0.717) is 60.6 Å². The van der Waals surface area contributed by atoms with Crippen molar-refractivity contribution in [3.63, 3.8) is 0 Å². The third kappa shape index (κ3) is 7.93. The zero-order valence-electron chi connectivity index (χ0n) is 21.2. The second-order valence-corrected chi connectivity index (χ2v) is 11.8. The first kappa shape index (κ1) is 28.4. The number of carbonyl (C=O) groups is 2. The summed E-state index contributed by atoms with van der Waals surface area (Å²) in [6.07, 6.45) is -0.294. The first-order valence-corrected chi connectivity index (χ1v) is 13.7. The zero-order valence-corrected chi connectivity index (χ0v) is 23.5. The number of ether oxygens (including phenoxy) is 1. The van der Waals surface area contributed by atoms with Crippen LogP contribution >= 0.6 is 35.0 Å². The fourth-order valence-electron chi connectivity index (χ4n) is 3.86. The lowest BCUT2D eigenvalue weighted by Crippen LogP contribution is -2.49. The smallest absolute Gasteiger partial charge is 0.410 e. The average Bonchev–Trinajstić information content (AvgIpc) is 2.80. The van der Waals surface area contributed by atoms with Crippen molar-refractivity contribution >= 4 is 52.7 Å². The van der Waals surface area contributed by atoms with E-state index < -0.39 is 5.60 Å². The molecule has 0 aromatic heterocycles. The molecule has 0 saturated carbocycles. The van der Waals surface area contributed by atoms with Crippen molar-refractivity contribution in [1.82, 2.24) is 15.1 Å². The first-order chi connectivity index (χ1) is 17.0. The van der Waals surface area contributed by atoms with Gasteiger partial charge in [0.05, 0.1) is 5.56 Å². The molecular formula is C26H34Cl2N4O3S. The number of thioether (sulfide) groups is 1. The van der Waals surface area contributed by atoms with Gasteiger partial charge in [-0.15, -0.1) is 11.8 Å². The molecule has 2 aromatic carbocycles. The minimum Gasteiger partial charge on any atom is -0.444 e. The van der Waals surface area contributed by atoms with Crippen molar-refractivity contribution in [1.29, 1.82) is 0 Å². The number of halogens is 2. The van der Waals surface area contributed by atoms with Crippen molar-refractivity contribution in [2.24, 2.45) is 0 Å². The van der Waals surface area contributed by atoms with Crippen molar-refractivity contribution in [3.05, 3.63) is 57.1 Å². The Labute approximate surface area is 227 Å². The predicted molar refractivity (Wildman–Crippen MR) is 148 cm³/mol. The summed E-state index contributed by atoms with van der Waals surface area (Å²) in [7, 11) is 0. The third-order valence-corrected chi connectivity index (χ3v) is 7.23. The fraction of sp³-hybridized carbons (Fsp3) is 0.462. The molecule has 0 bridgehead atoms. The number of nitrogens with zero attached hydrogens (tertiary/aromatic N) is 2. The number of nitrogens with two attached hydrogens (primary N) is 1. The normalized spacial score (nSPS) is 14.6. The number of amides is 2. The number of anilines is 1. The van der Waals surface area contributed by atoms with E-state index in [9.17, 15) is 9.59 Å². The quantitative estimate of drug-likeness (QED) is 0.339. The number of carbonyl (C=O) groups excluding carboxylic acids is 2. The van der Waals surface area contributed by atoms with Gasteiger partial charge in [-0.05, 0) is 68.0 Å². The highest BCUT2D eigenvalue weighted by molar-refractivity contribution is 7.99. The number of nitrogen functional groups attached to an aromatic ring is 1. The van der Waals surface area contributed by atoms with Crippen molar-refractivity contribution in [3.8, 4) is 0 Å². The molecule has 0 radical (unpaired) electrons. The molecule has 0 atom stereocenters. The highest BCUT2D eigenvalue weighted by Crippen LogP contribution is 2.27. The highest BCUT2D eigenvalue weighted by atomic mass is 35.5. The number of nitrogens with one attached hydrogen (secondary N) is 1. The summed E-state index contributed by atoms with van der Waals surface area (Å²) >= 11 is 14.4. The Morgan fingerprint density at radius 1 is 1.08 bits per heavy atom. The summed E-state index contributed by atoms with van der Waals surface area (Å²) in [4.78, 5) is 30.2. The summed E-state index contributed by atoms with van der Waals surface area (Å²) in [5, 5.41) is 4.04. The van der Waals surface area contributed by atoms with Gasteiger partial charge in [-0.1, -0.05) is 30.1 Å². The molecule has 3 rings (SSSR count). The maximum Gasteiger partial charge on any atom is 0.410 e. The number of hydrogen-bond donors (Lipinski definition) is 2. The molecule has 3 N–H and O–H groups in total. The third-order valence-electron chi connectivity index (χ3n) is 5.64. The SMILES string of the molecule is CCSc1ccc(Cl)cc1CNC(=O)c1cc(Cl)c(CN2CCN(C(=O)OC(C)(C)C)CC2)cc1N. The van der Waals surface area contributed by atoms with Gasteiger partial charge in [0.1, 0.15) is 5.60 Å². The molecule has 0 spiro atoms. The Hall–Kier alpha value is -2.13. The summed E-state index contributed by atoms with van der Waals surface area (Å²) in [5.74, 6) is 0.627. The van der Waals surface area contributed by atoms with Crippen molar-refractivity contribution in [2.45, 2.75) is 51.3 Å². The van der Waals surface area contributed by atoms with Crippen LogP contribution in [-0.4, -0.2) is 59.3 Å². The maximum absolute atomic E-state index is 12.9. The van der Waals surface area contributed by atoms with Crippen LogP contribution in [-0.2, 0) is 17.8 Å². The summed E-state index contributed by atoms with van der Waals surface area (Å²) in [6.45, 7) is 11.1. The van der Waals surface area contributed by atoms with E-state index in [4.69, 9.17) is 33.7 Å². The minimum atomic E-state index is -0.516. The minimum absolute atomic E-state index is 0.292. The number of hydrogen-bond acceptors (Lipinski definition) is 6. The maximum atomic E-state index is 12.9. The molecule has 2 amide bonds. The van der Waals surface area contributed by atoms with Crippen molar-refractivity contribution < 1.29 is 14.3 Å². The average molecular weight is 554 g/mol. The second kappa shape index (κ2) is 12.4. The van der Waals surface area contributed by atoms with Gasteiger partial charge in [0.2, 0.25) is 0 Å². The standard InChI is InChI=1S/C26H34Cl2N4O3S/c1-5-36-23-7-6-19(27)12-17(23)15-30-24(33)20-14-21(28)18(13-22(20)29)16-31-8-10-32(11-9-31)25(34)35-26(2,3)4/h6-7,12-14H,5,8-11,15-16,29H2,1-4H3,(H,30,33). The summed E-state index contributed by atoms with van der Waals surface area (Å²) in [6, 6.07) is 9.05. The van der Waals surface area contributed by atoms with Crippen LogP contribution in [0, 0.1) is 0 Å². The van der Waals surface area contributed by atoms with Gasteiger partial charge in [0, 0.05) is 59.9 Å². The Morgan fingerprint density at radius 2 is 1.78 bits per heavy atom. The predicted octanol–water partition coefficient (Wildman–Crippen LogP) is 5.67. The molecular weight excluding hydrogens is 519 g/mol. The summed E-state index contributed by atoms with van der Waals surface area (Å²) in [5.41, 5.74) is 8.24. The van der Waals surface area contributed by atoms with Gasteiger partial charge < -0.3 is 20.7 Å². The molecule has 196 valence electrons. The molecule has 0 aliphatic carbocycles. The highest BCUT2D eigenvalue weighted by Gasteiger charge is 2.26. The van der Waals surface area contributed by atoms with Crippen LogP contribution in [0.5, 0.6) is 0 Å².